The first kappa shape index (κ1) is 22.1. The minimum absolute atomic E-state index is 0. The molecule has 0 aromatic heterocycles. The molecule has 0 atom stereocenters. The molecule has 0 unspecified atom stereocenters. The van der Waals surface area contributed by atoms with Gasteiger partial charge >= 0.3 is 0 Å². The second-order valence-corrected chi connectivity index (χ2v) is 5.59. The molecule has 2 rings (SSSR count). The third kappa shape index (κ3) is 9.50. The Morgan fingerprint density at radius 3 is 2.12 bits per heavy atom. The first-order valence-corrected chi connectivity index (χ1v) is 8.80. The van der Waals surface area contributed by atoms with E-state index in [1.54, 1.807) is 7.05 Å². The molecule has 0 aliphatic heterocycles. The van der Waals surface area contributed by atoms with Crippen LogP contribution < -0.4 is 20.7 Å². The van der Waals surface area contributed by atoms with Crippen LogP contribution in [0.5, 0.6) is 5.75 Å². The van der Waals surface area contributed by atoms with Crippen LogP contribution in [0.1, 0.15) is 12.8 Å². The predicted molar refractivity (Wildman–Crippen MR) is 121 cm³/mol. The Kier molecular flexibility index (Phi) is 12.1. The zero-order valence-corrected chi connectivity index (χ0v) is 17.6. The third-order valence-electron chi connectivity index (χ3n) is 3.60. The fraction of sp³-hybridized carbons (Fsp3) is 0.350. The van der Waals surface area contributed by atoms with Crippen molar-refractivity contribution < 1.29 is 4.74 Å². The molecular formula is C20H29IN4O. The van der Waals surface area contributed by atoms with E-state index < -0.39 is 0 Å². The van der Waals surface area contributed by atoms with Crippen molar-refractivity contribution in [2.45, 2.75) is 12.8 Å². The number of aliphatic imine (C=N–C) groups is 1. The lowest BCUT2D eigenvalue weighted by atomic mass is 10.3. The lowest BCUT2D eigenvalue weighted by Gasteiger charge is -2.12. The highest BCUT2D eigenvalue weighted by Crippen LogP contribution is 2.08. The van der Waals surface area contributed by atoms with Crippen molar-refractivity contribution >= 4 is 35.6 Å². The van der Waals surface area contributed by atoms with E-state index in [9.17, 15) is 0 Å². The minimum atomic E-state index is 0. The number of rotatable bonds is 10. The molecule has 0 saturated carbocycles. The Balaban J connectivity index is 0.00000338. The van der Waals surface area contributed by atoms with Gasteiger partial charge in [-0.2, -0.15) is 0 Å². The Bertz CT molecular complexity index is 556. The van der Waals surface area contributed by atoms with Gasteiger partial charge in [0.15, 0.2) is 5.96 Å². The van der Waals surface area contributed by atoms with Crippen LogP contribution >= 0.6 is 24.0 Å². The van der Waals surface area contributed by atoms with Crippen LogP contribution in [-0.4, -0.2) is 39.2 Å². The number of nitrogens with one attached hydrogen (secondary N) is 3. The van der Waals surface area contributed by atoms with Crippen LogP contribution in [0.3, 0.4) is 0 Å². The van der Waals surface area contributed by atoms with Crippen molar-refractivity contribution in [2.24, 2.45) is 4.99 Å². The van der Waals surface area contributed by atoms with Gasteiger partial charge in [0, 0.05) is 32.4 Å². The van der Waals surface area contributed by atoms with Gasteiger partial charge in [0.05, 0.1) is 6.61 Å². The van der Waals surface area contributed by atoms with Gasteiger partial charge in [-0.25, -0.2) is 0 Å². The highest BCUT2D eigenvalue weighted by molar-refractivity contribution is 14.0. The number of halogens is 1. The maximum Gasteiger partial charge on any atom is 0.190 e. The van der Waals surface area contributed by atoms with E-state index in [0.29, 0.717) is 6.61 Å². The predicted octanol–water partition coefficient (Wildman–Crippen LogP) is 3.74. The van der Waals surface area contributed by atoms with Crippen LogP contribution in [0.25, 0.3) is 0 Å². The number of anilines is 1. The van der Waals surface area contributed by atoms with E-state index in [1.165, 1.54) is 0 Å². The Hall–Kier alpha value is -1.96. The summed E-state index contributed by atoms with van der Waals surface area (Å²) in [6.45, 7) is 3.32. The summed E-state index contributed by atoms with van der Waals surface area (Å²) in [4.78, 5) is 4.23. The molecule has 0 heterocycles. The molecule has 2 aromatic carbocycles. The molecule has 3 N–H and O–H groups in total. The van der Waals surface area contributed by atoms with E-state index in [-0.39, 0.29) is 24.0 Å². The normalized spacial score (nSPS) is 10.6. The quantitative estimate of drug-likeness (QED) is 0.215. The van der Waals surface area contributed by atoms with Crippen molar-refractivity contribution in [1.82, 2.24) is 10.6 Å². The lowest BCUT2D eigenvalue weighted by Crippen LogP contribution is -2.38. The molecule has 26 heavy (non-hydrogen) atoms. The summed E-state index contributed by atoms with van der Waals surface area (Å²) in [5, 5.41) is 10.0. The highest BCUT2D eigenvalue weighted by Gasteiger charge is 1.97. The Morgan fingerprint density at radius 2 is 1.46 bits per heavy atom. The van der Waals surface area contributed by atoms with Gasteiger partial charge in [-0.3, -0.25) is 4.99 Å². The van der Waals surface area contributed by atoms with E-state index in [4.69, 9.17) is 4.74 Å². The summed E-state index contributed by atoms with van der Waals surface area (Å²) in [6.07, 6.45) is 1.94. The minimum Gasteiger partial charge on any atom is -0.494 e. The van der Waals surface area contributed by atoms with Gasteiger partial charge in [-0.05, 0) is 37.1 Å². The van der Waals surface area contributed by atoms with Crippen molar-refractivity contribution in [1.29, 1.82) is 0 Å². The topological polar surface area (TPSA) is 57.7 Å². The van der Waals surface area contributed by atoms with Crippen LogP contribution in [0.2, 0.25) is 0 Å². The summed E-state index contributed by atoms with van der Waals surface area (Å²) in [6, 6.07) is 20.1. The molecule has 0 radical (unpaired) electrons. The molecular weight excluding hydrogens is 439 g/mol. The van der Waals surface area contributed by atoms with Gasteiger partial charge in [0.2, 0.25) is 0 Å². The van der Waals surface area contributed by atoms with Gasteiger partial charge in [-0.1, -0.05) is 36.4 Å². The van der Waals surface area contributed by atoms with Crippen LogP contribution in [0, 0.1) is 0 Å². The average Bonchev–Trinajstić information content (AvgIpc) is 2.67. The molecule has 5 nitrogen and oxygen atoms in total. The fourth-order valence-electron chi connectivity index (χ4n) is 2.29. The van der Waals surface area contributed by atoms with Crippen molar-refractivity contribution in [3.63, 3.8) is 0 Å². The van der Waals surface area contributed by atoms with E-state index >= 15 is 0 Å². The van der Waals surface area contributed by atoms with Crippen LogP contribution in [-0.2, 0) is 0 Å². The molecule has 0 bridgehead atoms. The smallest absolute Gasteiger partial charge is 0.190 e. The van der Waals surface area contributed by atoms with E-state index in [0.717, 1.165) is 49.9 Å². The zero-order chi connectivity index (χ0) is 17.6. The van der Waals surface area contributed by atoms with Crippen molar-refractivity contribution in [2.75, 3.05) is 38.6 Å². The second kappa shape index (κ2) is 14.2. The van der Waals surface area contributed by atoms with E-state index in [1.807, 2.05) is 48.5 Å². The van der Waals surface area contributed by atoms with Gasteiger partial charge < -0.3 is 20.7 Å². The molecule has 0 amide bonds. The summed E-state index contributed by atoms with van der Waals surface area (Å²) >= 11 is 0. The maximum atomic E-state index is 5.67. The monoisotopic (exact) mass is 468 g/mol. The van der Waals surface area contributed by atoms with Crippen molar-refractivity contribution in [3.8, 4) is 5.75 Å². The summed E-state index contributed by atoms with van der Waals surface area (Å²) < 4.78 is 5.67. The standard InChI is InChI=1S/C20H28N4O.HI/c1-21-20(23-15-8-14-22-18-10-4-2-5-11-18)24-16-9-17-25-19-12-6-3-7-13-19;/h2-7,10-13,22H,8-9,14-17H2,1H3,(H2,21,23,24);1H. The van der Waals surface area contributed by atoms with Crippen molar-refractivity contribution in [3.05, 3.63) is 60.7 Å². The summed E-state index contributed by atoms with van der Waals surface area (Å²) in [5.41, 5.74) is 1.16. The third-order valence-corrected chi connectivity index (χ3v) is 3.60. The second-order valence-electron chi connectivity index (χ2n) is 5.59. The van der Waals surface area contributed by atoms with Gasteiger partial charge in [-0.15, -0.1) is 24.0 Å². The SMILES string of the molecule is CN=C(NCCCNc1ccccc1)NCCCOc1ccccc1.I. The molecule has 0 fully saturated rings. The number of hydrogen-bond acceptors (Lipinski definition) is 3. The fourth-order valence-corrected chi connectivity index (χ4v) is 2.29. The number of para-hydroxylation sites is 2. The molecule has 0 spiro atoms. The first-order chi connectivity index (χ1) is 12.4. The Labute approximate surface area is 173 Å². The molecule has 6 heteroatoms. The zero-order valence-electron chi connectivity index (χ0n) is 15.3. The average molecular weight is 468 g/mol. The summed E-state index contributed by atoms with van der Waals surface area (Å²) in [7, 11) is 1.79. The maximum absolute atomic E-state index is 5.67. The molecule has 0 aliphatic rings. The number of ether oxygens (including phenoxy) is 1. The largest absolute Gasteiger partial charge is 0.494 e. The number of guanidine groups is 1. The molecule has 0 saturated heterocycles. The molecule has 142 valence electrons. The summed E-state index contributed by atoms with van der Waals surface area (Å²) in [5.74, 6) is 1.75. The first-order valence-electron chi connectivity index (χ1n) is 8.80. The molecule has 0 aliphatic carbocycles. The number of nitrogens with zero attached hydrogens (tertiary/aromatic N) is 1. The highest BCUT2D eigenvalue weighted by atomic mass is 127. The Morgan fingerprint density at radius 1 is 0.846 bits per heavy atom. The number of benzene rings is 2. The van der Waals surface area contributed by atoms with Gasteiger partial charge in [0.25, 0.3) is 0 Å². The van der Waals surface area contributed by atoms with Crippen LogP contribution in [0.15, 0.2) is 65.7 Å². The lowest BCUT2D eigenvalue weighted by molar-refractivity contribution is 0.311. The van der Waals surface area contributed by atoms with Gasteiger partial charge in [0.1, 0.15) is 5.75 Å². The molecule has 2 aromatic rings. The number of hydrogen-bond donors (Lipinski definition) is 3. The van der Waals surface area contributed by atoms with E-state index in [2.05, 4.69) is 33.1 Å². The van der Waals surface area contributed by atoms with Crippen LogP contribution in [0.4, 0.5) is 5.69 Å².